The normalized spacial score (nSPS) is 10.8. The number of likely N-dealkylation sites (N-methyl/N-ethyl adjacent to an activating group) is 1. The second-order valence-corrected chi connectivity index (χ2v) is 6.93. The highest BCUT2D eigenvalue weighted by atomic mass is 16.2. The molecule has 1 rings (SSSR count). The maximum atomic E-state index is 12.6. The molecule has 1 N–H and O–H groups in total. The Balaban J connectivity index is 2.56. The molecule has 0 heterocycles. The molecular weight excluding hydrogens is 314 g/mol. The smallest absolute Gasteiger partial charge is 0.247 e. The third kappa shape index (κ3) is 8.49. The van der Waals surface area contributed by atoms with E-state index in [0.717, 1.165) is 30.9 Å². The molecule has 2 amide bonds. The molecule has 0 saturated heterocycles. The van der Waals surface area contributed by atoms with Gasteiger partial charge in [-0.25, -0.2) is 0 Å². The lowest BCUT2D eigenvalue weighted by Crippen LogP contribution is -2.39. The number of nitrogens with one attached hydrogen (secondary N) is 1. The monoisotopic (exact) mass is 345 g/mol. The van der Waals surface area contributed by atoms with Crippen LogP contribution in [0.3, 0.4) is 0 Å². The number of carbonyl (C=O) groups excluding carboxylic acids is 2. The summed E-state index contributed by atoms with van der Waals surface area (Å²) >= 11 is 0. The van der Waals surface area contributed by atoms with Crippen molar-refractivity contribution >= 4 is 17.5 Å². The van der Waals surface area contributed by atoms with Crippen LogP contribution >= 0.6 is 0 Å². The Morgan fingerprint density at radius 3 is 2.32 bits per heavy atom. The molecule has 0 aromatic heterocycles. The molecule has 5 heteroatoms. The number of rotatable bonds is 10. The van der Waals surface area contributed by atoms with E-state index in [1.54, 1.807) is 0 Å². The summed E-state index contributed by atoms with van der Waals surface area (Å²) in [5, 5.41) is 2.71. The van der Waals surface area contributed by atoms with Crippen LogP contribution in [-0.4, -0.2) is 55.3 Å². The fraction of sp³-hybridized carbons (Fsp3) is 0.500. The van der Waals surface area contributed by atoms with Crippen LogP contribution in [0.1, 0.15) is 25.8 Å². The maximum absolute atomic E-state index is 12.6. The van der Waals surface area contributed by atoms with Crippen molar-refractivity contribution in [2.75, 3.05) is 39.0 Å². The second kappa shape index (κ2) is 10.7. The average molecular weight is 345 g/mol. The van der Waals surface area contributed by atoms with Crippen LogP contribution in [0, 0.1) is 5.92 Å². The van der Waals surface area contributed by atoms with Gasteiger partial charge in [-0.1, -0.05) is 32.6 Å². The van der Waals surface area contributed by atoms with Crippen LogP contribution in [0.2, 0.25) is 0 Å². The van der Waals surface area contributed by atoms with E-state index in [1.165, 1.54) is 6.08 Å². The SMILES string of the molecule is C=CC(=O)Nc1ccc(CCC(=O)N(CCN(C)C)CC(C)C)cc1. The predicted octanol–water partition coefficient (Wildman–Crippen LogP) is 2.79. The van der Waals surface area contributed by atoms with Gasteiger partial charge in [0, 0.05) is 31.7 Å². The molecule has 1 aromatic rings. The Labute approximate surface area is 151 Å². The Hall–Kier alpha value is -2.14. The minimum Gasteiger partial charge on any atom is -0.341 e. The molecule has 0 spiro atoms. The summed E-state index contributed by atoms with van der Waals surface area (Å²) in [7, 11) is 4.04. The Morgan fingerprint density at radius 1 is 1.16 bits per heavy atom. The van der Waals surface area contributed by atoms with E-state index in [0.29, 0.717) is 18.8 Å². The molecule has 0 aliphatic carbocycles. The lowest BCUT2D eigenvalue weighted by molar-refractivity contribution is -0.131. The Kier molecular flexibility index (Phi) is 8.92. The van der Waals surface area contributed by atoms with Crippen molar-refractivity contribution in [1.82, 2.24) is 9.80 Å². The minimum absolute atomic E-state index is 0.194. The molecule has 0 fully saturated rings. The maximum Gasteiger partial charge on any atom is 0.247 e. The van der Waals surface area contributed by atoms with Crippen molar-refractivity contribution in [2.45, 2.75) is 26.7 Å². The van der Waals surface area contributed by atoms with Crippen LogP contribution in [0.15, 0.2) is 36.9 Å². The summed E-state index contributed by atoms with van der Waals surface area (Å²) in [4.78, 5) is 27.9. The molecular formula is C20H31N3O2. The van der Waals surface area contributed by atoms with Gasteiger partial charge in [0.25, 0.3) is 0 Å². The zero-order chi connectivity index (χ0) is 18.8. The van der Waals surface area contributed by atoms with Gasteiger partial charge < -0.3 is 15.1 Å². The number of carbonyl (C=O) groups is 2. The molecule has 0 bridgehead atoms. The highest BCUT2D eigenvalue weighted by Gasteiger charge is 2.15. The van der Waals surface area contributed by atoms with Crippen LogP contribution < -0.4 is 5.32 Å². The molecule has 138 valence electrons. The minimum atomic E-state index is -0.229. The Morgan fingerprint density at radius 2 is 1.80 bits per heavy atom. The van der Waals surface area contributed by atoms with Gasteiger partial charge in [-0.3, -0.25) is 9.59 Å². The van der Waals surface area contributed by atoms with Crippen LogP contribution in [-0.2, 0) is 16.0 Å². The lowest BCUT2D eigenvalue weighted by Gasteiger charge is -2.26. The van der Waals surface area contributed by atoms with E-state index < -0.39 is 0 Å². The number of benzene rings is 1. The molecule has 0 aliphatic heterocycles. The van der Waals surface area contributed by atoms with E-state index in [4.69, 9.17) is 0 Å². The van der Waals surface area contributed by atoms with Gasteiger partial charge in [0.15, 0.2) is 0 Å². The van der Waals surface area contributed by atoms with Crippen molar-refractivity contribution in [2.24, 2.45) is 5.92 Å². The molecule has 0 radical (unpaired) electrons. The number of amides is 2. The number of anilines is 1. The number of hydrogen-bond acceptors (Lipinski definition) is 3. The topological polar surface area (TPSA) is 52.7 Å². The summed E-state index contributed by atoms with van der Waals surface area (Å²) in [6.07, 6.45) is 2.44. The van der Waals surface area contributed by atoms with Gasteiger partial charge in [0.1, 0.15) is 0 Å². The van der Waals surface area contributed by atoms with Crippen molar-refractivity contribution in [3.63, 3.8) is 0 Å². The standard InChI is InChI=1S/C20H31N3O2/c1-6-19(24)21-18-10-7-17(8-11-18)9-12-20(25)23(15-16(2)3)14-13-22(4)5/h6-8,10-11,16H,1,9,12-15H2,2-5H3,(H,21,24). The van der Waals surface area contributed by atoms with Gasteiger partial charge in [0.2, 0.25) is 11.8 Å². The summed E-state index contributed by atoms with van der Waals surface area (Å²) in [5.41, 5.74) is 1.81. The first-order chi connectivity index (χ1) is 11.8. The summed E-state index contributed by atoms with van der Waals surface area (Å²) in [5.74, 6) is 0.423. The van der Waals surface area contributed by atoms with Crippen LogP contribution in [0.5, 0.6) is 0 Å². The second-order valence-electron chi connectivity index (χ2n) is 6.93. The van der Waals surface area contributed by atoms with Gasteiger partial charge in [-0.15, -0.1) is 0 Å². The molecule has 0 atom stereocenters. The molecule has 0 unspecified atom stereocenters. The molecule has 5 nitrogen and oxygen atoms in total. The fourth-order valence-corrected chi connectivity index (χ4v) is 2.44. The van der Waals surface area contributed by atoms with Crippen molar-refractivity contribution in [3.8, 4) is 0 Å². The molecule has 0 saturated carbocycles. The summed E-state index contributed by atoms with van der Waals surface area (Å²) in [6, 6.07) is 7.58. The lowest BCUT2D eigenvalue weighted by atomic mass is 10.1. The van der Waals surface area contributed by atoms with Crippen molar-refractivity contribution in [3.05, 3.63) is 42.5 Å². The zero-order valence-corrected chi connectivity index (χ0v) is 15.9. The first-order valence-corrected chi connectivity index (χ1v) is 8.76. The third-order valence-corrected chi connectivity index (χ3v) is 3.79. The first-order valence-electron chi connectivity index (χ1n) is 8.76. The highest BCUT2D eigenvalue weighted by Crippen LogP contribution is 2.12. The number of aryl methyl sites for hydroxylation is 1. The quantitative estimate of drug-likeness (QED) is 0.664. The van der Waals surface area contributed by atoms with E-state index in [1.807, 2.05) is 43.3 Å². The van der Waals surface area contributed by atoms with E-state index in [-0.39, 0.29) is 11.8 Å². The number of hydrogen-bond donors (Lipinski definition) is 1. The van der Waals surface area contributed by atoms with Crippen LogP contribution in [0.4, 0.5) is 5.69 Å². The van der Waals surface area contributed by atoms with Gasteiger partial charge in [-0.2, -0.15) is 0 Å². The first kappa shape index (κ1) is 20.9. The zero-order valence-electron chi connectivity index (χ0n) is 15.9. The molecule has 1 aromatic carbocycles. The van der Waals surface area contributed by atoms with E-state index in [2.05, 4.69) is 30.6 Å². The van der Waals surface area contributed by atoms with Gasteiger partial charge >= 0.3 is 0 Å². The molecule has 0 aliphatic rings. The van der Waals surface area contributed by atoms with E-state index >= 15 is 0 Å². The van der Waals surface area contributed by atoms with Gasteiger partial charge in [0.05, 0.1) is 0 Å². The fourth-order valence-electron chi connectivity index (χ4n) is 2.44. The summed E-state index contributed by atoms with van der Waals surface area (Å²) < 4.78 is 0. The van der Waals surface area contributed by atoms with E-state index in [9.17, 15) is 9.59 Å². The average Bonchev–Trinajstić information content (AvgIpc) is 2.57. The predicted molar refractivity (Wildman–Crippen MR) is 104 cm³/mol. The van der Waals surface area contributed by atoms with Crippen molar-refractivity contribution in [1.29, 1.82) is 0 Å². The van der Waals surface area contributed by atoms with Gasteiger partial charge in [-0.05, 0) is 50.2 Å². The summed E-state index contributed by atoms with van der Waals surface area (Å²) in [6.45, 7) is 10.1. The van der Waals surface area contributed by atoms with Crippen molar-refractivity contribution < 1.29 is 9.59 Å². The number of nitrogens with zero attached hydrogens (tertiary/aromatic N) is 2. The highest BCUT2D eigenvalue weighted by molar-refractivity contribution is 5.98. The molecule has 25 heavy (non-hydrogen) atoms. The third-order valence-electron chi connectivity index (χ3n) is 3.79. The Bertz CT molecular complexity index is 565. The largest absolute Gasteiger partial charge is 0.341 e. The van der Waals surface area contributed by atoms with Crippen LogP contribution in [0.25, 0.3) is 0 Å².